The number of carbonyl (C=O) groups is 5. The Labute approximate surface area is 309 Å². The highest BCUT2D eigenvalue weighted by molar-refractivity contribution is 5.94. The van der Waals surface area contributed by atoms with E-state index in [9.17, 15) is 24.0 Å². The minimum Gasteiger partial charge on any atom is -0.496 e. The van der Waals surface area contributed by atoms with E-state index in [1.54, 1.807) is 7.11 Å². The molecule has 0 aromatic heterocycles. The minimum absolute atomic E-state index is 0.173. The molecule has 2 aromatic carbocycles. The number of fused-ring (bicyclic) bond motifs is 5. The Hall–Kier alpha value is -4.41. The number of carbonyl (C=O) groups excluding carboxylic acids is 5. The molecule has 11 nitrogen and oxygen atoms in total. The van der Waals surface area contributed by atoms with Crippen LogP contribution in [0.25, 0.3) is 11.1 Å². The van der Waals surface area contributed by atoms with E-state index in [-0.39, 0.29) is 18.9 Å². The maximum atomic E-state index is 13.9. The third kappa shape index (κ3) is 11.8. The fourth-order valence-electron chi connectivity index (χ4n) is 6.93. The molecule has 0 spiro atoms. The van der Waals surface area contributed by atoms with Crippen LogP contribution in [0.3, 0.4) is 0 Å². The van der Waals surface area contributed by atoms with Crippen LogP contribution in [0.5, 0.6) is 5.75 Å². The molecule has 4 amide bonds. The van der Waals surface area contributed by atoms with Gasteiger partial charge in [0.05, 0.1) is 27.3 Å². The van der Waals surface area contributed by atoms with E-state index in [2.05, 4.69) is 22.9 Å². The number of nitrogens with zero attached hydrogens (tertiary/aromatic N) is 1. The summed E-state index contributed by atoms with van der Waals surface area (Å²) in [6.07, 6.45) is 15.6. The van der Waals surface area contributed by atoms with Crippen molar-refractivity contribution in [1.82, 2.24) is 20.9 Å². The number of hydrogen-bond acceptors (Lipinski definition) is 7. The zero-order chi connectivity index (χ0) is 37.5. The Morgan fingerprint density at radius 2 is 1.54 bits per heavy atom. The fraction of sp³-hybridized carbons (Fsp3) is 0.585. The van der Waals surface area contributed by atoms with Gasteiger partial charge in [0.15, 0.2) is 0 Å². The average molecular weight is 719 g/mol. The van der Waals surface area contributed by atoms with Gasteiger partial charge in [0.2, 0.25) is 23.6 Å². The predicted octanol–water partition coefficient (Wildman–Crippen LogP) is 5.89. The van der Waals surface area contributed by atoms with Crippen molar-refractivity contribution in [2.24, 2.45) is 0 Å². The van der Waals surface area contributed by atoms with Gasteiger partial charge in [-0.3, -0.25) is 19.2 Å². The number of ether oxygens (including phenoxy) is 2. The number of amides is 4. The monoisotopic (exact) mass is 718 g/mol. The first-order valence-electron chi connectivity index (χ1n) is 19.1. The fourth-order valence-corrected chi connectivity index (χ4v) is 6.93. The van der Waals surface area contributed by atoms with Crippen molar-refractivity contribution in [3.63, 3.8) is 0 Å². The molecule has 0 saturated heterocycles. The lowest BCUT2D eigenvalue weighted by Crippen LogP contribution is -2.49. The Bertz CT molecular complexity index is 1540. The largest absolute Gasteiger partial charge is 0.496 e. The molecule has 1 heterocycles. The van der Waals surface area contributed by atoms with Gasteiger partial charge >= 0.3 is 5.97 Å². The maximum Gasteiger partial charge on any atom is 0.328 e. The first-order valence-corrected chi connectivity index (χ1v) is 19.1. The third-order valence-electron chi connectivity index (χ3n) is 10.1. The molecule has 4 bridgehead atoms. The van der Waals surface area contributed by atoms with Gasteiger partial charge in [-0.25, -0.2) is 4.79 Å². The van der Waals surface area contributed by atoms with Crippen molar-refractivity contribution in [3.05, 3.63) is 53.1 Å². The van der Waals surface area contributed by atoms with Crippen LogP contribution in [0.2, 0.25) is 0 Å². The highest BCUT2D eigenvalue weighted by Crippen LogP contribution is 2.47. The van der Waals surface area contributed by atoms with E-state index < -0.39 is 42.3 Å². The van der Waals surface area contributed by atoms with Crippen molar-refractivity contribution in [1.29, 1.82) is 0 Å². The summed E-state index contributed by atoms with van der Waals surface area (Å²) >= 11 is 0. The number of methoxy groups -OCH3 is 2. The normalized spacial score (nSPS) is 17.3. The molecule has 2 unspecified atom stereocenters. The van der Waals surface area contributed by atoms with Crippen molar-refractivity contribution >= 4 is 29.6 Å². The number of benzene rings is 2. The van der Waals surface area contributed by atoms with Gasteiger partial charge in [-0.15, -0.1) is 0 Å². The topological polar surface area (TPSA) is 143 Å². The number of nitrogens with one attached hydrogen (secondary N) is 3. The molecule has 284 valence electrons. The molecule has 2 aromatic rings. The number of likely N-dealkylation sites (N-methyl/N-ethyl adjacent to an activating group) is 1. The Morgan fingerprint density at radius 3 is 2.17 bits per heavy atom. The summed E-state index contributed by atoms with van der Waals surface area (Å²) in [5.74, 6) is -1.46. The number of hydrogen-bond donors (Lipinski definition) is 3. The molecule has 0 radical (unpaired) electrons. The summed E-state index contributed by atoms with van der Waals surface area (Å²) < 4.78 is 10.7. The van der Waals surface area contributed by atoms with E-state index in [1.807, 2.05) is 36.4 Å². The third-order valence-corrected chi connectivity index (χ3v) is 10.1. The van der Waals surface area contributed by atoms with Gasteiger partial charge < -0.3 is 30.3 Å². The minimum atomic E-state index is -1.11. The van der Waals surface area contributed by atoms with Crippen LogP contribution in [0.1, 0.15) is 125 Å². The Balaban J connectivity index is 1.47. The Morgan fingerprint density at radius 1 is 0.865 bits per heavy atom. The first-order chi connectivity index (χ1) is 25.2. The van der Waals surface area contributed by atoms with E-state index >= 15 is 0 Å². The molecular formula is C41H58N4O7. The van der Waals surface area contributed by atoms with E-state index in [1.165, 1.54) is 70.4 Å². The highest BCUT2D eigenvalue weighted by Gasteiger charge is 2.33. The lowest BCUT2D eigenvalue weighted by molar-refractivity contribution is -0.145. The number of rotatable bonds is 18. The van der Waals surface area contributed by atoms with Crippen LogP contribution in [0.4, 0.5) is 0 Å². The summed E-state index contributed by atoms with van der Waals surface area (Å²) in [6.45, 7) is 1.55. The van der Waals surface area contributed by atoms with Crippen LogP contribution < -0.4 is 20.7 Å². The van der Waals surface area contributed by atoms with Crippen molar-refractivity contribution in [2.45, 2.75) is 121 Å². The molecule has 4 rings (SSSR count). The quantitative estimate of drug-likeness (QED) is 0.129. The van der Waals surface area contributed by atoms with Crippen LogP contribution in [-0.2, 0) is 35.1 Å². The van der Waals surface area contributed by atoms with Crippen molar-refractivity contribution in [2.75, 3.05) is 34.4 Å². The first kappa shape index (κ1) is 40.4. The molecular weight excluding hydrogens is 660 g/mol. The second-order valence-electron chi connectivity index (χ2n) is 14.2. The molecule has 2 atom stereocenters. The van der Waals surface area contributed by atoms with Gasteiger partial charge in [0.1, 0.15) is 17.8 Å². The van der Waals surface area contributed by atoms with Crippen LogP contribution in [0.15, 0.2) is 36.4 Å². The number of unbranched alkanes of at least 4 members (excludes halogenated alkanes) is 10. The zero-order valence-corrected chi connectivity index (χ0v) is 31.5. The van der Waals surface area contributed by atoms with E-state index in [0.717, 1.165) is 54.4 Å². The summed E-state index contributed by atoms with van der Waals surface area (Å²) in [5, 5.41) is 8.07. The summed E-state index contributed by atoms with van der Waals surface area (Å²) in [5.41, 5.74) is 4.09. The molecule has 52 heavy (non-hydrogen) atoms. The molecule has 3 N–H and O–H groups in total. The highest BCUT2D eigenvalue weighted by atomic mass is 16.5. The molecule has 2 aliphatic rings. The molecule has 11 heteroatoms. The summed E-state index contributed by atoms with van der Waals surface area (Å²) in [7, 11) is 4.37. The van der Waals surface area contributed by atoms with Crippen LogP contribution in [0, 0.1) is 0 Å². The molecule has 1 fully saturated rings. The SMILES string of the molecule is CCCCCCCCCCCCCC(=O)NCC(=O)N(C)C1C(=O)NCC(=O)NC(C(=O)OC)Cc2ccc(OC)c(c2)-c2cc1ccc2C1CC1. The van der Waals surface area contributed by atoms with Crippen LogP contribution in [-0.4, -0.2) is 74.9 Å². The van der Waals surface area contributed by atoms with Gasteiger partial charge in [-0.05, 0) is 65.6 Å². The molecule has 1 aliphatic carbocycles. The molecule has 1 aliphatic heterocycles. The van der Waals surface area contributed by atoms with Crippen LogP contribution >= 0.6 is 0 Å². The lowest BCUT2D eigenvalue weighted by Gasteiger charge is -2.29. The molecule has 1 saturated carbocycles. The van der Waals surface area contributed by atoms with E-state index in [0.29, 0.717) is 23.7 Å². The van der Waals surface area contributed by atoms with Gasteiger partial charge in [0.25, 0.3) is 0 Å². The summed E-state index contributed by atoms with van der Waals surface area (Å²) in [4.78, 5) is 67.0. The Kier molecular flexibility index (Phi) is 16.0. The van der Waals surface area contributed by atoms with Gasteiger partial charge in [-0.2, -0.15) is 0 Å². The smallest absolute Gasteiger partial charge is 0.328 e. The second-order valence-corrected chi connectivity index (χ2v) is 14.2. The number of esters is 1. The predicted molar refractivity (Wildman–Crippen MR) is 201 cm³/mol. The van der Waals surface area contributed by atoms with Crippen molar-refractivity contribution in [3.8, 4) is 16.9 Å². The zero-order valence-electron chi connectivity index (χ0n) is 31.5. The summed E-state index contributed by atoms with van der Waals surface area (Å²) in [6, 6.07) is 9.29. The standard InChI is InChI=1S/C41H58N4O7/c1-5-6-7-8-9-10-11-12-13-14-15-16-36(46)42-27-38(48)45(2)39-30-20-21-31(29-18-19-29)32(25-30)33-23-28(17-22-35(33)51-3)24-34(41(50)52-4)44-37(47)26-43-40(39)49/h17,20-23,25,29,34,39H,5-16,18-19,24,26-27H2,1-4H3,(H,42,46)(H,43,49)(H,44,47). The maximum absolute atomic E-state index is 13.9. The van der Waals surface area contributed by atoms with Gasteiger partial charge in [0, 0.05) is 25.5 Å². The van der Waals surface area contributed by atoms with Gasteiger partial charge in [-0.1, -0.05) is 89.3 Å². The second kappa shape index (κ2) is 20.6. The van der Waals surface area contributed by atoms with Crippen molar-refractivity contribution < 1.29 is 33.4 Å². The lowest BCUT2D eigenvalue weighted by atomic mass is 9.90. The average Bonchev–Trinajstić information content (AvgIpc) is 4.00. The van der Waals surface area contributed by atoms with E-state index in [4.69, 9.17) is 9.47 Å².